The van der Waals surface area contributed by atoms with Crippen molar-refractivity contribution in [1.82, 2.24) is 0 Å². The van der Waals surface area contributed by atoms with E-state index in [1.807, 2.05) is 30.3 Å². The average molecular weight is 257 g/mol. The minimum Gasteiger partial charge on any atom is -0.354 e. The van der Waals surface area contributed by atoms with Gasteiger partial charge in [-0.25, -0.2) is 0 Å². The molecule has 0 heterocycles. The molecular weight excluding hydrogens is 244 g/mol. The minimum absolute atomic E-state index is 0.469. The van der Waals surface area contributed by atoms with Gasteiger partial charge in [0.25, 0.3) is 0 Å². The summed E-state index contributed by atoms with van der Waals surface area (Å²) in [5.41, 5.74) is 3.44. The maximum Gasteiger partial charge on any atom is 0.103 e. The molecule has 2 rings (SSSR count). The average Bonchev–Trinajstić information content (AvgIpc) is 2.40. The van der Waals surface area contributed by atoms with Gasteiger partial charge in [0.1, 0.15) is 6.07 Å². The summed E-state index contributed by atoms with van der Waals surface area (Å²) in [4.78, 5) is 0. The Morgan fingerprint density at radius 1 is 1.11 bits per heavy atom. The molecule has 0 bridgehead atoms. The summed E-state index contributed by atoms with van der Waals surface area (Å²) in [5, 5.41) is 12.9. The highest BCUT2D eigenvalue weighted by molar-refractivity contribution is 6.32. The van der Waals surface area contributed by atoms with Crippen LogP contribution in [0.5, 0.6) is 0 Å². The Balaban J connectivity index is 2.41. The molecule has 0 unspecified atom stereocenters. The fourth-order valence-electron chi connectivity index (χ4n) is 1.84. The van der Waals surface area contributed by atoms with Crippen molar-refractivity contribution in [2.45, 2.75) is 13.3 Å². The van der Waals surface area contributed by atoms with Crippen molar-refractivity contribution in [3.8, 4) is 6.07 Å². The van der Waals surface area contributed by atoms with E-state index in [1.165, 1.54) is 5.56 Å². The molecule has 0 spiro atoms. The Kier molecular flexibility index (Phi) is 3.86. The van der Waals surface area contributed by atoms with Crippen LogP contribution in [-0.4, -0.2) is 0 Å². The number of hydrogen-bond acceptors (Lipinski definition) is 2. The van der Waals surface area contributed by atoms with E-state index < -0.39 is 0 Å². The maximum atomic E-state index is 9.13. The quantitative estimate of drug-likeness (QED) is 0.877. The standard InChI is InChI=1S/C15H13ClN2/c1-2-11-6-3-4-8-14(11)18-15-9-5-7-13(16)12(15)10-17/h3-9,18H,2H2,1H3. The summed E-state index contributed by atoms with van der Waals surface area (Å²) in [6.07, 6.45) is 0.936. The number of benzene rings is 2. The lowest BCUT2D eigenvalue weighted by Crippen LogP contribution is -1.97. The number of para-hydroxylation sites is 1. The van der Waals surface area contributed by atoms with Gasteiger partial charge >= 0.3 is 0 Å². The lowest BCUT2D eigenvalue weighted by atomic mass is 10.1. The fraction of sp³-hybridized carbons (Fsp3) is 0.133. The van der Waals surface area contributed by atoms with Gasteiger partial charge in [0.2, 0.25) is 0 Å². The van der Waals surface area contributed by atoms with Crippen molar-refractivity contribution in [3.63, 3.8) is 0 Å². The maximum absolute atomic E-state index is 9.13. The zero-order valence-electron chi connectivity index (χ0n) is 10.1. The molecule has 0 saturated heterocycles. The molecular formula is C15H13ClN2. The third-order valence-electron chi connectivity index (χ3n) is 2.79. The number of halogens is 1. The van der Waals surface area contributed by atoms with E-state index in [1.54, 1.807) is 6.07 Å². The van der Waals surface area contributed by atoms with Crippen LogP contribution < -0.4 is 5.32 Å². The normalized spacial score (nSPS) is 9.83. The molecule has 0 aliphatic heterocycles. The summed E-state index contributed by atoms with van der Waals surface area (Å²) in [5.74, 6) is 0. The molecule has 2 aromatic carbocycles. The first-order valence-electron chi connectivity index (χ1n) is 5.79. The van der Waals surface area contributed by atoms with Gasteiger partial charge in [-0.2, -0.15) is 5.26 Å². The van der Waals surface area contributed by atoms with Gasteiger partial charge in [0, 0.05) is 5.69 Å². The molecule has 0 aliphatic rings. The summed E-state index contributed by atoms with van der Waals surface area (Å²) < 4.78 is 0. The lowest BCUT2D eigenvalue weighted by Gasteiger charge is -2.12. The zero-order chi connectivity index (χ0) is 13.0. The SMILES string of the molecule is CCc1ccccc1Nc1cccc(Cl)c1C#N. The van der Waals surface area contributed by atoms with E-state index in [0.29, 0.717) is 10.6 Å². The van der Waals surface area contributed by atoms with Gasteiger partial charge in [0.15, 0.2) is 0 Å². The van der Waals surface area contributed by atoms with E-state index in [9.17, 15) is 0 Å². The molecule has 0 aliphatic carbocycles. The minimum atomic E-state index is 0.469. The lowest BCUT2D eigenvalue weighted by molar-refractivity contribution is 1.14. The number of rotatable bonds is 3. The van der Waals surface area contributed by atoms with Crippen molar-refractivity contribution in [2.24, 2.45) is 0 Å². The number of nitriles is 1. The molecule has 0 radical (unpaired) electrons. The van der Waals surface area contributed by atoms with E-state index >= 15 is 0 Å². The van der Waals surface area contributed by atoms with Crippen molar-refractivity contribution < 1.29 is 0 Å². The molecule has 0 saturated carbocycles. The Morgan fingerprint density at radius 3 is 2.56 bits per heavy atom. The van der Waals surface area contributed by atoms with Crippen molar-refractivity contribution in [1.29, 1.82) is 5.26 Å². The monoisotopic (exact) mass is 256 g/mol. The molecule has 0 fully saturated rings. The Hall–Kier alpha value is -1.98. The number of anilines is 2. The molecule has 0 aromatic heterocycles. The van der Waals surface area contributed by atoms with Gasteiger partial charge < -0.3 is 5.32 Å². The zero-order valence-corrected chi connectivity index (χ0v) is 10.8. The highest BCUT2D eigenvalue weighted by Gasteiger charge is 2.07. The molecule has 18 heavy (non-hydrogen) atoms. The van der Waals surface area contributed by atoms with Crippen LogP contribution in [0, 0.1) is 11.3 Å². The van der Waals surface area contributed by atoms with E-state index in [4.69, 9.17) is 16.9 Å². The van der Waals surface area contributed by atoms with Crippen LogP contribution in [-0.2, 0) is 6.42 Å². The number of hydrogen-bond donors (Lipinski definition) is 1. The second-order valence-corrected chi connectivity index (χ2v) is 4.32. The Labute approximate surface area is 112 Å². The predicted octanol–water partition coefficient (Wildman–Crippen LogP) is 4.52. The molecule has 2 nitrogen and oxygen atoms in total. The number of nitrogens with one attached hydrogen (secondary N) is 1. The van der Waals surface area contributed by atoms with E-state index in [2.05, 4.69) is 24.4 Å². The number of nitrogens with zero attached hydrogens (tertiary/aromatic N) is 1. The van der Waals surface area contributed by atoms with Crippen LogP contribution in [0.1, 0.15) is 18.1 Å². The van der Waals surface area contributed by atoms with Crippen LogP contribution in [0.4, 0.5) is 11.4 Å². The van der Waals surface area contributed by atoms with Crippen LogP contribution in [0.2, 0.25) is 5.02 Å². The van der Waals surface area contributed by atoms with Gasteiger partial charge in [-0.15, -0.1) is 0 Å². The number of aryl methyl sites for hydroxylation is 1. The molecule has 3 heteroatoms. The fourth-order valence-corrected chi connectivity index (χ4v) is 2.05. The first-order chi connectivity index (χ1) is 8.76. The largest absolute Gasteiger partial charge is 0.354 e. The molecule has 2 aromatic rings. The highest BCUT2D eigenvalue weighted by Crippen LogP contribution is 2.28. The molecule has 0 atom stereocenters. The molecule has 1 N–H and O–H groups in total. The van der Waals surface area contributed by atoms with Crippen LogP contribution >= 0.6 is 11.6 Å². The Morgan fingerprint density at radius 2 is 1.83 bits per heavy atom. The third-order valence-corrected chi connectivity index (χ3v) is 3.11. The summed E-state index contributed by atoms with van der Waals surface area (Å²) >= 11 is 6.01. The second-order valence-electron chi connectivity index (χ2n) is 3.91. The van der Waals surface area contributed by atoms with Crippen molar-refractivity contribution >= 4 is 23.0 Å². The molecule has 90 valence electrons. The summed E-state index contributed by atoms with van der Waals surface area (Å²) in [6, 6.07) is 15.6. The highest BCUT2D eigenvalue weighted by atomic mass is 35.5. The predicted molar refractivity (Wildman–Crippen MR) is 75.3 cm³/mol. The van der Waals surface area contributed by atoms with E-state index in [-0.39, 0.29) is 0 Å². The van der Waals surface area contributed by atoms with Crippen molar-refractivity contribution in [2.75, 3.05) is 5.32 Å². The van der Waals surface area contributed by atoms with Gasteiger partial charge in [-0.05, 0) is 30.2 Å². The van der Waals surface area contributed by atoms with Gasteiger partial charge in [-0.3, -0.25) is 0 Å². The summed E-state index contributed by atoms with van der Waals surface area (Å²) in [7, 11) is 0. The first-order valence-corrected chi connectivity index (χ1v) is 6.17. The van der Waals surface area contributed by atoms with Gasteiger partial charge in [0.05, 0.1) is 16.3 Å². The van der Waals surface area contributed by atoms with Gasteiger partial charge in [-0.1, -0.05) is 42.8 Å². The molecule has 0 amide bonds. The van der Waals surface area contributed by atoms with Crippen LogP contribution in [0.25, 0.3) is 0 Å². The van der Waals surface area contributed by atoms with Crippen LogP contribution in [0.15, 0.2) is 42.5 Å². The van der Waals surface area contributed by atoms with E-state index in [0.717, 1.165) is 17.8 Å². The Bertz CT molecular complexity index is 600. The second kappa shape index (κ2) is 5.57. The third kappa shape index (κ3) is 2.47. The smallest absolute Gasteiger partial charge is 0.103 e. The van der Waals surface area contributed by atoms with Crippen molar-refractivity contribution in [3.05, 3.63) is 58.6 Å². The first kappa shape index (κ1) is 12.5. The van der Waals surface area contributed by atoms with Crippen LogP contribution in [0.3, 0.4) is 0 Å². The topological polar surface area (TPSA) is 35.8 Å². The summed E-state index contributed by atoms with van der Waals surface area (Å²) in [6.45, 7) is 2.10.